The Balaban J connectivity index is 0.000000197. The van der Waals surface area contributed by atoms with Crippen molar-refractivity contribution >= 4 is 60.9 Å². The Morgan fingerprint density at radius 1 is 0.712 bits per heavy atom. The number of rotatable bonds is 9. The topological polar surface area (TPSA) is 213 Å². The molecule has 2 amide bonds. The second kappa shape index (κ2) is 18.9. The van der Waals surface area contributed by atoms with Crippen molar-refractivity contribution in [2.75, 3.05) is 68.1 Å². The number of nitrogens with zero attached hydrogens (tertiary/aromatic N) is 11. The predicted octanol–water partition coefficient (Wildman–Crippen LogP) is 6.24. The first-order valence-electron chi connectivity index (χ1n) is 21.8. The number of halogens is 1. The summed E-state index contributed by atoms with van der Waals surface area (Å²) in [7, 11) is 3.95. The van der Waals surface area contributed by atoms with Crippen LogP contribution in [0.4, 0.5) is 30.1 Å². The summed E-state index contributed by atoms with van der Waals surface area (Å²) in [6, 6.07) is 7.48. The normalized spacial score (nSPS) is 16.2. The monoisotopic (exact) mass is 949 g/mol. The van der Waals surface area contributed by atoms with Gasteiger partial charge in [-0.1, -0.05) is 22.7 Å². The molecule has 2 fully saturated rings. The fourth-order valence-electron chi connectivity index (χ4n) is 7.47. The van der Waals surface area contributed by atoms with Crippen LogP contribution in [0, 0.1) is 19.8 Å². The van der Waals surface area contributed by atoms with Gasteiger partial charge in [0, 0.05) is 70.3 Å². The number of fused-ring (bicyclic) bond motifs is 2. The lowest BCUT2D eigenvalue weighted by atomic mass is 9.91. The Bertz CT molecular complexity index is 2670. The second-order valence-corrected chi connectivity index (χ2v) is 21.0. The standard InChI is InChI=1S/C23H33N7O3S.C21H27FN6O3S/c1-15-7-8-16(18(26-15)28(5)6)17-13-24-19-30(17)27-20(34-19)29-11-9-23(32,10-12-29)14-25-21(31)33-22(2,3)4;1-13-5-6-14(16(22)25-13)15-11-23-17-28(15)26-18(32-17)27-9-7-21(30,8-10-27)12-24-19(29)31-20(2,3)4/h7-8,13,32H,9-12,14H2,1-6H3,(H,25,31);5-6,11,30H,7-10,12H2,1-4H3,(H,24,29). The van der Waals surface area contributed by atoms with E-state index in [2.05, 4.69) is 51.5 Å². The fraction of sp³-hybridized carbons (Fsp3) is 0.545. The van der Waals surface area contributed by atoms with Gasteiger partial charge in [-0.25, -0.2) is 38.6 Å². The highest BCUT2D eigenvalue weighted by Crippen LogP contribution is 2.35. The van der Waals surface area contributed by atoms with Gasteiger partial charge in [-0.15, -0.1) is 10.2 Å². The molecule has 0 saturated carbocycles. The molecule has 0 spiro atoms. The summed E-state index contributed by atoms with van der Waals surface area (Å²) in [5, 5.41) is 38.2. The van der Waals surface area contributed by atoms with Crippen LogP contribution in [0.15, 0.2) is 36.7 Å². The van der Waals surface area contributed by atoms with E-state index in [0.717, 1.165) is 38.0 Å². The summed E-state index contributed by atoms with van der Waals surface area (Å²) in [5.74, 6) is 0.318. The van der Waals surface area contributed by atoms with Crippen molar-refractivity contribution in [1.82, 2.24) is 49.8 Å². The molecule has 19 nitrogen and oxygen atoms in total. The molecule has 0 aliphatic carbocycles. The highest BCUT2D eigenvalue weighted by Gasteiger charge is 2.36. The van der Waals surface area contributed by atoms with Crippen LogP contribution in [0.2, 0.25) is 0 Å². The van der Waals surface area contributed by atoms with E-state index in [9.17, 15) is 24.2 Å². The Morgan fingerprint density at radius 2 is 1.12 bits per heavy atom. The van der Waals surface area contributed by atoms with Crippen molar-refractivity contribution in [2.24, 2.45) is 0 Å². The molecule has 4 N–H and O–H groups in total. The zero-order valence-corrected chi connectivity index (χ0v) is 40.8. The molecule has 0 aromatic carbocycles. The average Bonchev–Trinajstić information content (AvgIpc) is 4.02. The highest BCUT2D eigenvalue weighted by atomic mass is 32.1. The van der Waals surface area contributed by atoms with E-state index in [4.69, 9.17) is 14.6 Å². The van der Waals surface area contributed by atoms with Crippen LogP contribution in [0.1, 0.15) is 78.6 Å². The van der Waals surface area contributed by atoms with Gasteiger partial charge in [-0.3, -0.25) is 0 Å². The number of carbonyl (C=O) groups excluding carboxylic acids is 2. The summed E-state index contributed by atoms with van der Waals surface area (Å²) >= 11 is 2.93. The number of aryl methyl sites for hydroxylation is 2. The Hall–Kier alpha value is -5.71. The zero-order valence-electron chi connectivity index (χ0n) is 39.2. The number of pyridine rings is 2. The molecule has 2 aliphatic rings. The second-order valence-electron chi connectivity index (χ2n) is 19.1. The van der Waals surface area contributed by atoms with Crippen molar-refractivity contribution in [1.29, 1.82) is 0 Å². The van der Waals surface area contributed by atoms with E-state index in [1.807, 2.05) is 63.5 Å². The van der Waals surface area contributed by atoms with Crippen molar-refractivity contribution in [3.8, 4) is 22.5 Å². The molecular weight excluding hydrogens is 890 g/mol. The van der Waals surface area contributed by atoms with Gasteiger partial charge in [-0.2, -0.15) is 4.39 Å². The molecule has 0 atom stereocenters. The molecule has 8 heterocycles. The number of ether oxygens (including phenoxy) is 2. The van der Waals surface area contributed by atoms with Gasteiger partial charge >= 0.3 is 12.2 Å². The fourth-order valence-corrected chi connectivity index (χ4v) is 9.33. The van der Waals surface area contributed by atoms with Crippen LogP contribution >= 0.6 is 22.7 Å². The van der Waals surface area contributed by atoms with Gasteiger partial charge in [0.2, 0.25) is 26.1 Å². The van der Waals surface area contributed by atoms with Crippen LogP contribution in [-0.2, 0) is 9.47 Å². The summed E-state index contributed by atoms with van der Waals surface area (Å²) in [6.07, 6.45) is 4.34. The first kappa shape index (κ1) is 48.2. The number of piperidine rings is 2. The van der Waals surface area contributed by atoms with Gasteiger partial charge in [0.05, 0.1) is 40.5 Å². The van der Waals surface area contributed by atoms with Gasteiger partial charge in [0.15, 0.2) is 0 Å². The number of hydrogen-bond donors (Lipinski definition) is 4. The quantitative estimate of drug-likeness (QED) is 0.118. The van der Waals surface area contributed by atoms with Gasteiger partial charge < -0.3 is 45.0 Å². The van der Waals surface area contributed by atoms with E-state index < -0.39 is 40.5 Å². The van der Waals surface area contributed by atoms with Crippen LogP contribution in [-0.4, -0.2) is 137 Å². The lowest BCUT2D eigenvalue weighted by molar-refractivity contribution is 0.00798. The molecule has 8 rings (SSSR count). The van der Waals surface area contributed by atoms with Crippen LogP contribution in [0.5, 0.6) is 0 Å². The molecule has 6 aromatic rings. The number of alkyl carbamates (subject to hydrolysis) is 2. The minimum atomic E-state index is -1.01. The Kier molecular flexibility index (Phi) is 13.8. The van der Waals surface area contributed by atoms with Gasteiger partial charge in [0.25, 0.3) is 0 Å². The van der Waals surface area contributed by atoms with Crippen molar-refractivity contribution in [3.63, 3.8) is 0 Å². The van der Waals surface area contributed by atoms with Crippen LogP contribution in [0.25, 0.3) is 32.4 Å². The molecule has 2 aliphatic heterocycles. The van der Waals surface area contributed by atoms with Crippen molar-refractivity contribution < 1.29 is 33.7 Å². The summed E-state index contributed by atoms with van der Waals surface area (Å²) in [6.45, 7) is 17.2. The maximum Gasteiger partial charge on any atom is 0.407 e. The molecule has 356 valence electrons. The number of anilines is 3. The minimum Gasteiger partial charge on any atom is -0.444 e. The number of carbonyl (C=O) groups is 2. The third-order valence-electron chi connectivity index (χ3n) is 11.0. The van der Waals surface area contributed by atoms with E-state index >= 15 is 0 Å². The van der Waals surface area contributed by atoms with E-state index in [1.165, 1.54) is 22.7 Å². The molecule has 0 bridgehead atoms. The van der Waals surface area contributed by atoms with Crippen LogP contribution < -0.4 is 25.3 Å². The molecular formula is C44H60FN13O6S2. The smallest absolute Gasteiger partial charge is 0.407 e. The lowest BCUT2D eigenvalue weighted by Crippen LogP contribution is -2.51. The molecule has 2 saturated heterocycles. The van der Waals surface area contributed by atoms with Crippen molar-refractivity contribution in [2.45, 2.75) is 103 Å². The van der Waals surface area contributed by atoms with Gasteiger partial charge in [0.1, 0.15) is 17.0 Å². The summed E-state index contributed by atoms with van der Waals surface area (Å²) < 4.78 is 28.3. The van der Waals surface area contributed by atoms with E-state index in [-0.39, 0.29) is 13.1 Å². The minimum absolute atomic E-state index is 0.126. The maximum absolute atomic E-state index is 14.4. The molecule has 0 radical (unpaired) electrons. The van der Waals surface area contributed by atoms with Crippen molar-refractivity contribution in [3.05, 3.63) is 54.0 Å². The first-order chi connectivity index (χ1) is 31.0. The van der Waals surface area contributed by atoms with Gasteiger partial charge in [-0.05, 0) is 105 Å². The predicted molar refractivity (Wildman–Crippen MR) is 253 cm³/mol. The number of hydrogen-bond acceptors (Lipinski definition) is 17. The number of aliphatic hydroxyl groups is 2. The Morgan fingerprint density at radius 3 is 1.53 bits per heavy atom. The number of aromatic nitrogens is 8. The summed E-state index contributed by atoms with van der Waals surface area (Å²) in [4.78, 5) is 49.0. The highest BCUT2D eigenvalue weighted by molar-refractivity contribution is 7.20. The van der Waals surface area contributed by atoms with Crippen LogP contribution in [0.3, 0.4) is 0 Å². The van der Waals surface area contributed by atoms with E-state index in [1.54, 1.807) is 50.5 Å². The largest absolute Gasteiger partial charge is 0.444 e. The molecule has 6 aromatic heterocycles. The van der Waals surface area contributed by atoms with E-state index in [0.29, 0.717) is 73.8 Å². The SMILES string of the molecule is Cc1ccc(-c2cnc3sc(N4CCC(O)(CNC(=O)OC(C)(C)C)CC4)nn23)c(F)n1.Cc1ccc(-c2cnc3sc(N4CCC(O)(CNC(=O)OC(C)(C)C)CC4)nn23)c(N(C)C)n1. The third kappa shape index (κ3) is 11.6. The third-order valence-corrected chi connectivity index (χ3v) is 12.9. The average molecular weight is 950 g/mol. The Labute approximate surface area is 391 Å². The number of nitrogens with one attached hydrogen (secondary N) is 2. The number of imidazole rings is 2. The molecule has 66 heavy (non-hydrogen) atoms. The molecule has 22 heteroatoms. The zero-order chi connectivity index (χ0) is 47.8. The first-order valence-corrected chi connectivity index (χ1v) is 23.5. The lowest BCUT2D eigenvalue weighted by Gasteiger charge is -2.38. The number of amides is 2. The maximum atomic E-state index is 14.4. The summed E-state index contributed by atoms with van der Waals surface area (Å²) in [5.41, 5.74) is 1.18. The molecule has 0 unspecified atom stereocenters.